The molecule has 1 N–H and O–H groups in total. The fourth-order valence-corrected chi connectivity index (χ4v) is 3.24. The molecule has 3 aromatic rings. The van der Waals surface area contributed by atoms with Crippen LogP contribution >= 0.6 is 0 Å². The molecule has 6 nitrogen and oxygen atoms in total. The van der Waals surface area contributed by atoms with Crippen LogP contribution in [0.1, 0.15) is 34.8 Å². The number of anilines is 1. The minimum Gasteiger partial charge on any atom is -0.477 e. The number of carboxylic acid groups (broad SMARTS) is 1. The molecular formula is C17H15FN4O2. The number of carbonyl (C=O) groups is 1. The van der Waals surface area contributed by atoms with Crippen LogP contribution in [0.3, 0.4) is 0 Å². The summed E-state index contributed by atoms with van der Waals surface area (Å²) in [6.07, 6.45) is 4.96. The number of fused-ring (bicyclic) bond motifs is 1. The molecule has 4 rings (SSSR count). The zero-order valence-electron chi connectivity index (χ0n) is 12.8. The van der Waals surface area contributed by atoms with E-state index in [2.05, 4.69) is 15.0 Å². The first-order valence-electron chi connectivity index (χ1n) is 7.73. The van der Waals surface area contributed by atoms with Crippen molar-refractivity contribution in [1.82, 2.24) is 14.6 Å². The predicted molar refractivity (Wildman–Crippen MR) is 85.7 cm³/mol. The molecule has 1 unspecified atom stereocenters. The standard InChI is InChI=1S/C17H15FN4O2/c18-12-5-3-11(4-6-12)14-2-1-8-21(14)15-7-9-22-16(20-15)13(10-19-22)17(23)24/h3-7,9-10,14H,1-2,8H2,(H,23,24). The van der Waals surface area contributed by atoms with Crippen molar-refractivity contribution in [2.24, 2.45) is 0 Å². The van der Waals surface area contributed by atoms with Gasteiger partial charge in [0.15, 0.2) is 5.65 Å². The van der Waals surface area contributed by atoms with Gasteiger partial charge in [0.25, 0.3) is 0 Å². The maximum atomic E-state index is 13.2. The summed E-state index contributed by atoms with van der Waals surface area (Å²) in [7, 11) is 0. The molecule has 122 valence electrons. The molecule has 7 heteroatoms. The van der Waals surface area contributed by atoms with Gasteiger partial charge in [0.2, 0.25) is 0 Å². The second-order valence-corrected chi connectivity index (χ2v) is 5.82. The molecule has 3 heterocycles. The van der Waals surface area contributed by atoms with Crippen LogP contribution in [-0.2, 0) is 0 Å². The lowest BCUT2D eigenvalue weighted by Gasteiger charge is -2.26. The zero-order chi connectivity index (χ0) is 16.7. The Balaban J connectivity index is 1.74. The lowest BCUT2D eigenvalue weighted by atomic mass is 10.0. The van der Waals surface area contributed by atoms with E-state index in [1.165, 1.54) is 22.8 Å². The molecule has 24 heavy (non-hydrogen) atoms. The van der Waals surface area contributed by atoms with Crippen molar-refractivity contribution in [2.45, 2.75) is 18.9 Å². The fraction of sp³-hybridized carbons (Fsp3) is 0.235. The second kappa shape index (κ2) is 5.59. The highest BCUT2D eigenvalue weighted by Gasteiger charge is 2.27. The van der Waals surface area contributed by atoms with Gasteiger partial charge < -0.3 is 10.0 Å². The summed E-state index contributed by atoms with van der Waals surface area (Å²) in [5, 5.41) is 13.2. The van der Waals surface area contributed by atoms with Gasteiger partial charge in [0.05, 0.1) is 12.2 Å². The fourth-order valence-electron chi connectivity index (χ4n) is 3.24. The van der Waals surface area contributed by atoms with Crippen LogP contribution in [-0.4, -0.2) is 32.2 Å². The first kappa shape index (κ1) is 14.6. The first-order chi connectivity index (χ1) is 11.6. The third-order valence-electron chi connectivity index (χ3n) is 4.39. The smallest absolute Gasteiger partial charge is 0.341 e. The average Bonchev–Trinajstić information content (AvgIpc) is 3.21. The van der Waals surface area contributed by atoms with Crippen molar-refractivity contribution in [3.05, 3.63) is 59.7 Å². The van der Waals surface area contributed by atoms with Crippen LogP contribution in [0.5, 0.6) is 0 Å². The van der Waals surface area contributed by atoms with Crippen molar-refractivity contribution < 1.29 is 14.3 Å². The van der Waals surface area contributed by atoms with Gasteiger partial charge in [-0.1, -0.05) is 12.1 Å². The Morgan fingerprint density at radius 1 is 1.25 bits per heavy atom. The maximum Gasteiger partial charge on any atom is 0.341 e. The van der Waals surface area contributed by atoms with Crippen molar-refractivity contribution in [3.63, 3.8) is 0 Å². The Labute approximate surface area is 137 Å². The molecule has 0 radical (unpaired) electrons. The van der Waals surface area contributed by atoms with Gasteiger partial charge in [-0.3, -0.25) is 0 Å². The van der Waals surface area contributed by atoms with Crippen LogP contribution < -0.4 is 4.90 Å². The predicted octanol–water partition coefficient (Wildman–Crippen LogP) is 2.91. The first-order valence-corrected chi connectivity index (χ1v) is 7.73. The Hall–Kier alpha value is -2.96. The van der Waals surface area contributed by atoms with Crippen molar-refractivity contribution in [3.8, 4) is 0 Å². The van der Waals surface area contributed by atoms with Crippen molar-refractivity contribution in [1.29, 1.82) is 0 Å². The van der Waals surface area contributed by atoms with E-state index in [1.807, 2.05) is 6.07 Å². The van der Waals surface area contributed by atoms with Crippen LogP contribution in [0.4, 0.5) is 10.2 Å². The molecule has 1 aliphatic heterocycles. The summed E-state index contributed by atoms with van der Waals surface area (Å²) in [6, 6.07) is 8.44. The highest BCUT2D eigenvalue weighted by Crippen LogP contribution is 2.35. The topological polar surface area (TPSA) is 70.7 Å². The summed E-state index contributed by atoms with van der Waals surface area (Å²) in [5.41, 5.74) is 1.43. The van der Waals surface area contributed by atoms with E-state index in [0.717, 1.165) is 24.9 Å². The SMILES string of the molecule is O=C(O)c1cnn2ccc(N3CCCC3c3ccc(F)cc3)nc12. The van der Waals surface area contributed by atoms with Gasteiger partial charge in [0, 0.05) is 12.7 Å². The molecule has 0 saturated carbocycles. The monoisotopic (exact) mass is 326 g/mol. The molecule has 1 fully saturated rings. The summed E-state index contributed by atoms with van der Waals surface area (Å²) >= 11 is 0. The molecular weight excluding hydrogens is 311 g/mol. The Morgan fingerprint density at radius 2 is 2.04 bits per heavy atom. The Kier molecular flexibility index (Phi) is 3.41. The lowest BCUT2D eigenvalue weighted by molar-refractivity contribution is 0.0699. The number of halogens is 1. The third-order valence-corrected chi connectivity index (χ3v) is 4.39. The molecule has 2 aromatic heterocycles. The van der Waals surface area contributed by atoms with Crippen LogP contribution in [0, 0.1) is 5.82 Å². The van der Waals surface area contributed by atoms with Crippen molar-refractivity contribution in [2.75, 3.05) is 11.4 Å². The normalized spacial score (nSPS) is 17.5. The minimum atomic E-state index is -1.05. The average molecular weight is 326 g/mol. The van der Waals surface area contributed by atoms with Crippen LogP contribution in [0.25, 0.3) is 5.65 Å². The number of nitrogens with zero attached hydrogens (tertiary/aromatic N) is 4. The van der Waals surface area contributed by atoms with Gasteiger partial charge >= 0.3 is 5.97 Å². The van der Waals surface area contributed by atoms with Crippen LogP contribution in [0.2, 0.25) is 0 Å². The second-order valence-electron chi connectivity index (χ2n) is 5.82. The molecule has 1 saturated heterocycles. The molecule has 1 atom stereocenters. The highest BCUT2D eigenvalue weighted by molar-refractivity contribution is 5.94. The summed E-state index contributed by atoms with van der Waals surface area (Å²) in [4.78, 5) is 17.9. The summed E-state index contributed by atoms with van der Waals surface area (Å²) < 4.78 is 14.6. The number of hydrogen-bond acceptors (Lipinski definition) is 4. The quantitative estimate of drug-likeness (QED) is 0.801. The molecule has 0 aliphatic carbocycles. The van der Waals surface area contributed by atoms with E-state index in [4.69, 9.17) is 0 Å². The summed E-state index contributed by atoms with van der Waals surface area (Å²) in [5.74, 6) is -0.600. The molecule has 0 amide bonds. The maximum absolute atomic E-state index is 13.2. The minimum absolute atomic E-state index is 0.0781. The number of benzene rings is 1. The van der Waals surface area contributed by atoms with E-state index in [-0.39, 0.29) is 17.4 Å². The van der Waals surface area contributed by atoms with Crippen molar-refractivity contribution >= 4 is 17.4 Å². The summed E-state index contributed by atoms with van der Waals surface area (Å²) in [6.45, 7) is 0.821. The van der Waals surface area contributed by atoms with Crippen LogP contribution in [0.15, 0.2) is 42.7 Å². The van der Waals surface area contributed by atoms with Gasteiger partial charge in [-0.25, -0.2) is 18.7 Å². The van der Waals surface area contributed by atoms with Gasteiger partial charge in [0.1, 0.15) is 17.2 Å². The molecule has 0 spiro atoms. The Morgan fingerprint density at radius 3 is 2.79 bits per heavy atom. The molecule has 0 bridgehead atoms. The highest BCUT2D eigenvalue weighted by atomic mass is 19.1. The van der Waals surface area contributed by atoms with E-state index in [9.17, 15) is 14.3 Å². The van der Waals surface area contributed by atoms with E-state index >= 15 is 0 Å². The van der Waals surface area contributed by atoms with Gasteiger partial charge in [-0.05, 0) is 36.6 Å². The number of hydrogen-bond donors (Lipinski definition) is 1. The molecule has 1 aromatic carbocycles. The Bertz CT molecular complexity index is 907. The number of aromatic carboxylic acids is 1. The third kappa shape index (κ3) is 2.38. The number of carboxylic acids is 1. The number of aromatic nitrogens is 3. The largest absolute Gasteiger partial charge is 0.477 e. The van der Waals surface area contributed by atoms with Gasteiger partial charge in [-0.2, -0.15) is 5.10 Å². The lowest BCUT2D eigenvalue weighted by Crippen LogP contribution is -2.23. The van der Waals surface area contributed by atoms with E-state index in [0.29, 0.717) is 11.5 Å². The zero-order valence-corrected chi connectivity index (χ0v) is 12.8. The van der Waals surface area contributed by atoms with Gasteiger partial charge in [-0.15, -0.1) is 0 Å². The van der Waals surface area contributed by atoms with E-state index in [1.54, 1.807) is 18.3 Å². The number of rotatable bonds is 3. The van der Waals surface area contributed by atoms with E-state index < -0.39 is 5.97 Å². The molecule has 1 aliphatic rings.